The molecule has 2 aromatic carbocycles. The largest absolute Gasteiger partial charge is 0.323 e. The molecule has 2 aromatic rings. The van der Waals surface area contributed by atoms with E-state index in [0.29, 0.717) is 22.9 Å². The van der Waals surface area contributed by atoms with Crippen molar-refractivity contribution in [3.05, 3.63) is 59.1 Å². The first-order valence-electron chi connectivity index (χ1n) is 6.30. The second-order valence-electron chi connectivity index (χ2n) is 4.14. The Kier molecular flexibility index (Phi) is 5.22. The van der Waals surface area contributed by atoms with Gasteiger partial charge >= 0.3 is 6.03 Å². The smallest absolute Gasteiger partial charge is 0.320 e. The van der Waals surface area contributed by atoms with Crippen molar-refractivity contribution >= 4 is 29.0 Å². The number of nitrogens with one attached hydrogen (secondary N) is 2. The van der Waals surface area contributed by atoms with E-state index >= 15 is 0 Å². The summed E-state index contributed by atoms with van der Waals surface area (Å²) in [5, 5.41) is 5.89. The fraction of sp³-hybridized carbons (Fsp3) is 0.0625. The van der Waals surface area contributed by atoms with Crippen LogP contribution in [0.15, 0.2) is 48.5 Å². The molecule has 0 saturated heterocycles. The van der Waals surface area contributed by atoms with Crippen LogP contribution in [0.1, 0.15) is 5.56 Å². The normalized spacial score (nSPS) is 9.43. The lowest BCUT2D eigenvalue weighted by atomic mass is 10.2. The third-order valence-electron chi connectivity index (χ3n) is 2.60. The Labute approximate surface area is 128 Å². The summed E-state index contributed by atoms with van der Waals surface area (Å²) >= 11 is 5.97. The summed E-state index contributed by atoms with van der Waals surface area (Å²) in [6, 6.07) is 13.8. The lowest BCUT2D eigenvalue weighted by Crippen LogP contribution is -2.19. The van der Waals surface area contributed by atoms with E-state index in [1.165, 1.54) is 0 Å². The zero-order valence-electron chi connectivity index (χ0n) is 11.2. The van der Waals surface area contributed by atoms with E-state index in [1.54, 1.807) is 36.4 Å². The number of hydrogen-bond donors (Lipinski definition) is 3. The SMILES string of the molecule is NCC#Cc1ccc(NC(=O)Nc2ccccc2Cl)cc1. The van der Waals surface area contributed by atoms with Gasteiger partial charge in [0.15, 0.2) is 0 Å². The van der Waals surface area contributed by atoms with Crippen LogP contribution in [-0.2, 0) is 0 Å². The first kappa shape index (κ1) is 14.9. The molecule has 0 heterocycles. The average Bonchev–Trinajstić information content (AvgIpc) is 2.49. The van der Waals surface area contributed by atoms with Gasteiger partial charge < -0.3 is 16.4 Å². The van der Waals surface area contributed by atoms with E-state index in [1.807, 2.05) is 12.1 Å². The molecule has 4 nitrogen and oxygen atoms in total. The van der Waals surface area contributed by atoms with Crippen LogP contribution in [0.2, 0.25) is 5.02 Å². The zero-order valence-corrected chi connectivity index (χ0v) is 11.9. The van der Waals surface area contributed by atoms with Crippen LogP contribution in [0.4, 0.5) is 16.2 Å². The minimum Gasteiger partial charge on any atom is -0.320 e. The molecule has 0 radical (unpaired) electrons. The Morgan fingerprint density at radius 1 is 1.10 bits per heavy atom. The lowest BCUT2D eigenvalue weighted by Gasteiger charge is -2.08. The number of urea groups is 1. The van der Waals surface area contributed by atoms with Gasteiger partial charge in [0.2, 0.25) is 0 Å². The lowest BCUT2D eigenvalue weighted by molar-refractivity contribution is 0.262. The molecular weight excluding hydrogens is 286 g/mol. The van der Waals surface area contributed by atoms with Crippen molar-refractivity contribution < 1.29 is 4.79 Å². The van der Waals surface area contributed by atoms with Crippen LogP contribution >= 0.6 is 11.6 Å². The molecule has 0 aliphatic rings. The molecule has 0 aromatic heterocycles. The van der Waals surface area contributed by atoms with E-state index in [4.69, 9.17) is 17.3 Å². The van der Waals surface area contributed by atoms with Crippen LogP contribution in [0.3, 0.4) is 0 Å². The highest BCUT2D eigenvalue weighted by molar-refractivity contribution is 6.33. The Morgan fingerprint density at radius 3 is 2.48 bits per heavy atom. The van der Waals surface area contributed by atoms with Gasteiger partial charge in [-0.1, -0.05) is 35.6 Å². The molecule has 2 rings (SSSR count). The van der Waals surface area contributed by atoms with Crippen LogP contribution in [0.5, 0.6) is 0 Å². The standard InChI is InChI=1S/C16H14ClN3O/c17-14-5-1-2-6-15(14)20-16(21)19-13-9-7-12(8-10-13)4-3-11-18/h1-2,5-10H,11,18H2,(H2,19,20,21). The second-order valence-corrected chi connectivity index (χ2v) is 4.55. The quantitative estimate of drug-likeness (QED) is 0.745. The second kappa shape index (κ2) is 7.34. The van der Waals surface area contributed by atoms with E-state index in [-0.39, 0.29) is 6.03 Å². The Hall–Kier alpha value is -2.48. The van der Waals surface area contributed by atoms with Crippen molar-refractivity contribution in [1.29, 1.82) is 0 Å². The zero-order chi connectivity index (χ0) is 15.1. The Morgan fingerprint density at radius 2 is 1.81 bits per heavy atom. The van der Waals surface area contributed by atoms with Crippen LogP contribution in [0.25, 0.3) is 0 Å². The van der Waals surface area contributed by atoms with Crippen molar-refractivity contribution in [3.63, 3.8) is 0 Å². The van der Waals surface area contributed by atoms with Crippen LogP contribution < -0.4 is 16.4 Å². The molecule has 0 atom stereocenters. The Bertz CT molecular complexity index is 687. The number of hydrogen-bond acceptors (Lipinski definition) is 2. The number of amides is 2. The molecule has 0 bridgehead atoms. The number of anilines is 2. The molecule has 0 unspecified atom stereocenters. The molecule has 2 amide bonds. The van der Waals surface area contributed by atoms with E-state index in [9.17, 15) is 4.79 Å². The summed E-state index contributed by atoms with van der Waals surface area (Å²) in [4.78, 5) is 11.9. The van der Waals surface area contributed by atoms with E-state index in [0.717, 1.165) is 5.56 Å². The van der Waals surface area contributed by atoms with Crippen molar-refractivity contribution in [1.82, 2.24) is 0 Å². The number of carbonyl (C=O) groups is 1. The highest BCUT2D eigenvalue weighted by Gasteiger charge is 2.05. The number of rotatable bonds is 2. The number of benzene rings is 2. The molecule has 5 heteroatoms. The fourth-order valence-electron chi connectivity index (χ4n) is 1.64. The topological polar surface area (TPSA) is 67.1 Å². The van der Waals surface area contributed by atoms with Gasteiger partial charge in [0, 0.05) is 11.3 Å². The molecule has 0 aliphatic carbocycles. The van der Waals surface area contributed by atoms with E-state index in [2.05, 4.69) is 22.5 Å². The minimum atomic E-state index is -0.358. The predicted octanol–water partition coefficient (Wildman–Crippen LogP) is 3.29. The summed E-state index contributed by atoms with van der Waals surface area (Å²) in [6.07, 6.45) is 0. The maximum Gasteiger partial charge on any atom is 0.323 e. The highest BCUT2D eigenvalue weighted by atomic mass is 35.5. The summed E-state index contributed by atoms with van der Waals surface area (Å²) in [5.74, 6) is 5.68. The van der Waals surface area contributed by atoms with Gasteiger partial charge in [0.25, 0.3) is 0 Å². The number of carbonyl (C=O) groups excluding carboxylic acids is 1. The third-order valence-corrected chi connectivity index (χ3v) is 2.93. The van der Waals surface area contributed by atoms with E-state index < -0.39 is 0 Å². The number of halogens is 1. The molecule has 0 saturated carbocycles. The van der Waals surface area contributed by atoms with Crippen LogP contribution in [-0.4, -0.2) is 12.6 Å². The first-order chi connectivity index (χ1) is 10.2. The number of nitrogens with two attached hydrogens (primary N) is 1. The van der Waals surface area contributed by atoms with Crippen LogP contribution in [0, 0.1) is 11.8 Å². The molecular formula is C16H14ClN3O. The van der Waals surface area contributed by atoms with Gasteiger partial charge in [0.05, 0.1) is 17.3 Å². The van der Waals surface area contributed by atoms with Crippen molar-refractivity contribution in [2.45, 2.75) is 0 Å². The minimum absolute atomic E-state index is 0.320. The van der Waals surface area contributed by atoms with Gasteiger partial charge in [-0.25, -0.2) is 4.79 Å². The van der Waals surface area contributed by atoms with Gasteiger partial charge in [0.1, 0.15) is 0 Å². The maximum atomic E-state index is 11.9. The monoisotopic (exact) mass is 299 g/mol. The summed E-state index contributed by atoms with van der Waals surface area (Å²) in [6.45, 7) is 0.320. The molecule has 4 N–H and O–H groups in total. The third kappa shape index (κ3) is 4.53. The molecule has 21 heavy (non-hydrogen) atoms. The fourth-order valence-corrected chi connectivity index (χ4v) is 1.82. The average molecular weight is 300 g/mol. The summed E-state index contributed by atoms with van der Waals surface area (Å²) in [7, 11) is 0. The van der Waals surface area contributed by atoms with Crippen molar-refractivity contribution in [2.75, 3.05) is 17.2 Å². The Balaban J connectivity index is 1.98. The summed E-state index contributed by atoms with van der Waals surface area (Å²) < 4.78 is 0. The van der Waals surface area contributed by atoms with Gasteiger partial charge in [-0.3, -0.25) is 0 Å². The first-order valence-corrected chi connectivity index (χ1v) is 6.68. The van der Waals surface area contributed by atoms with Gasteiger partial charge in [-0.15, -0.1) is 0 Å². The van der Waals surface area contributed by atoms with Gasteiger partial charge in [-0.05, 0) is 36.4 Å². The van der Waals surface area contributed by atoms with Crippen molar-refractivity contribution in [2.24, 2.45) is 5.73 Å². The maximum absolute atomic E-state index is 11.9. The molecule has 0 aliphatic heterocycles. The number of para-hydroxylation sites is 1. The van der Waals surface area contributed by atoms with Gasteiger partial charge in [-0.2, -0.15) is 0 Å². The van der Waals surface area contributed by atoms with Crippen molar-refractivity contribution in [3.8, 4) is 11.8 Å². The molecule has 0 fully saturated rings. The highest BCUT2D eigenvalue weighted by Crippen LogP contribution is 2.20. The summed E-state index contributed by atoms with van der Waals surface area (Å²) in [5.41, 5.74) is 7.38. The molecule has 106 valence electrons. The predicted molar refractivity (Wildman–Crippen MR) is 86.5 cm³/mol. The molecule has 0 spiro atoms.